The number of rotatable bonds is 6. The van der Waals surface area contributed by atoms with Gasteiger partial charge in [0.15, 0.2) is 0 Å². The first-order valence-electron chi connectivity index (χ1n) is 5.11. The van der Waals surface area contributed by atoms with Crippen molar-refractivity contribution in [3.63, 3.8) is 0 Å². The minimum Gasteiger partial charge on any atom is -0.478 e. The zero-order valence-corrected chi connectivity index (χ0v) is 9.49. The Morgan fingerprint density at radius 3 is 2.93 bits per heavy atom. The molecule has 1 aromatic heterocycles. The van der Waals surface area contributed by atoms with Crippen LogP contribution >= 0.6 is 0 Å². The molecule has 1 unspecified atom stereocenters. The number of ether oxygens (including phenoxy) is 2. The van der Waals surface area contributed by atoms with E-state index in [0.717, 1.165) is 5.82 Å². The first kappa shape index (κ1) is 11.8. The predicted molar refractivity (Wildman–Crippen MR) is 60.4 cm³/mol. The molecule has 0 spiro atoms. The molecule has 0 bridgehead atoms. The number of methoxy groups -OCH3 is 1. The third-order valence-corrected chi connectivity index (χ3v) is 1.83. The molecule has 1 heterocycles. The minimum atomic E-state index is 0.236. The number of nitrogens with zero attached hydrogens (tertiary/aromatic N) is 1. The van der Waals surface area contributed by atoms with E-state index in [1.54, 1.807) is 7.11 Å². The lowest BCUT2D eigenvalue weighted by molar-refractivity contribution is 0.190. The van der Waals surface area contributed by atoms with E-state index in [2.05, 4.69) is 10.3 Å². The molecule has 1 atom stereocenters. The van der Waals surface area contributed by atoms with Crippen LogP contribution in [0.4, 0.5) is 5.82 Å². The van der Waals surface area contributed by atoms with Crippen molar-refractivity contribution < 1.29 is 9.47 Å². The molecule has 4 heteroatoms. The van der Waals surface area contributed by atoms with Gasteiger partial charge in [-0.05, 0) is 19.9 Å². The fraction of sp³-hybridized carbons (Fsp3) is 0.545. The molecule has 0 fully saturated rings. The highest BCUT2D eigenvalue weighted by molar-refractivity contribution is 5.37. The maximum Gasteiger partial charge on any atom is 0.215 e. The Morgan fingerprint density at radius 2 is 2.27 bits per heavy atom. The maximum absolute atomic E-state index is 5.31. The molecule has 0 saturated heterocycles. The summed E-state index contributed by atoms with van der Waals surface area (Å²) in [6.07, 6.45) is 0. The van der Waals surface area contributed by atoms with E-state index in [1.165, 1.54) is 0 Å². The monoisotopic (exact) mass is 210 g/mol. The number of hydrogen-bond donors (Lipinski definition) is 1. The van der Waals surface area contributed by atoms with Crippen LogP contribution in [-0.2, 0) is 4.74 Å². The number of anilines is 1. The molecule has 1 N–H and O–H groups in total. The maximum atomic E-state index is 5.31. The van der Waals surface area contributed by atoms with E-state index >= 15 is 0 Å². The van der Waals surface area contributed by atoms with Crippen LogP contribution in [0.15, 0.2) is 18.2 Å². The molecule has 15 heavy (non-hydrogen) atoms. The smallest absolute Gasteiger partial charge is 0.215 e. The largest absolute Gasteiger partial charge is 0.478 e. The average Bonchev–Trinajstić information content (AvgIpc) is 2.19. The van der Waals surface area contributed by atoms with E-state index in [-0.39, 0.29) is 6.04 Å². The van der Waals surface area contributed by atoms with Gasteiger partial charge in [-0.25, -0.2) is 0 Å². The van der Waals surface area contributed by atoms with Gasteiger partial charge in [0.05, 0.1) is 13.2 Å². The topological polar surface area (TPSA) is 43.4 Å². The van der Waals surface area contributed by atoms with Crippen LogP contribution < -0.4 is 10.1 Å². The van der Waals surface area contributed by atoms with Gasteiger partial charge in [0.1, 0.15) is 5.82 Å². The summed E-state index contributed by atoms with van der Waals surface area (Å²) in [5.41, 5.74) is 0. The molecule has 4 nitrogen and oxygen atoms in total. The van der Waals surface area contributed by atoms with Crippen molar-refractivity contribution in [1.82, 2.24) is 4.98 Å². The molecule has 1 aromatic rings. The van der Waals surface area contributed by atoms with Crippen LogP contribution in [0.3, 0.4) is 0 Å². The lowest BCUT2D eigenvalue weighted by Crippen LogP contribution is -2.21. The molecule has 0 saturated carbocycles. The van der Waals surface area contributed by atoms with Crippen LogP contribution in [0.1, 0.15) is 13.8 Å². The third kappa shape index (κ3) is 4.16. The zero-order valence-electron chi connectivity index (χ0n) is 9.49. The number of aromatic nitrogens is 1. The molecule has 1 rings (SSSR count). The first-order chi connectivity index (χ1) is 7.26. The lowest BCUT2D eigenvalue weighted by atomic mass is 10.3. The summed E-state index contributed by atoms with van der Waals surface area (Å²) < 4.78 is 10.3. The fourth-order valence-electron chi connectivity index (χ4n) is 1.27. The Morgan fingerprint density at radius 1 is 1.47 bits per heavy atom. The van der Waals surface area contributed by atoms with Gasteiger partial charge in [0, 0.05) is 19.2 Å². The van der Waals surface area contributed by atoms with E-state index in [0.29, 0.717) is 19.1 Å². The third-order valence-electron chi connectivity index (χ3n) is 1.83. The van der Waals surface area contributed by atoms with E-state index in [9.17, 15) is 0 Å². The van der Waals surface area contributed by atoms with Gasteiger partial charge < -0.3 is 14.8 Å². The van der Waals surface area contributed by atoms with Crippen LogP contribution in [0.5, 0.6) is 5.88 Å². The molecular weight excluding hydrogens is 192 g/mol. The minimum absolute atomic E-state index is 0.236. The van der Waals surface area contributed by atoms with Crippen LogP contribution in [0.25, 0.3) is 0 Å². The summed E-state index contributed by atoms with van der Waals surface area (Å²) in [5, 5.41) is 3.23. The van der Waals surface area contributed by atoms with Gasteiger partial charge in [-0.15, -0.1) is 0 Å². The number of nitrogens with one attached hydrogen (secondary N) is 1. The first-order valence-corrected chi connectivity index (χ1v) is 5.11. The van der Waals surface area contributed by atoms with Gasteiger partial charge in [-0.2, -0.15) is 4.98 Å². The molecule has 0 aliphatic carbocycles. The second kappa shape index (κ2) is 6.24. The summed E-state index contributed by atoms with van der Waals surface area (Å²) in [5.74, 6) is 1.46. The quantitative estimate of drug-likeness (QED) is 0.779. The van der Waals surface area contributed by atoms with Gasteiger partial charge in [-0.3, -0.25) is 0 Å². The Labute approximate surface area is 90.6 Å². The lowest BCUT2D eigenvalue weighted by Gasteiger charge is -2.13. The molecule has 0 radical (unpaired) electrons. The number of hydrogen-bond acceptors (Lipinski definition) is 4. The van der Waals surface area contributed by atoms with Crippen molar-refractivity contribution in [1.29, 1.82) is 0 Å². The summed E-state index contributed by atoms with van der Waals surface area (Å²) >= 11 is 0. The van der Waals surface area contributed by atoms with Gasteiger partial charge in [-0.1, -0.05) is 6.07 Å². The second-order valence-electron chi connectivity index (χ2n) is 3.29. The average molecular weight is 210 g/mol. The van der Waals surface area contributed by atoms with E-state index in [4.69, 9.17) is 9.47 Å². The van der Waals surface area contributed by atoms with Gasteiger partial charge in [0.25, 0.3) is 0 Å². The number of pyridine rings is 1. The summed E-state index contributed by atoms with van der Waals surface area (Å²) in [6, 6.07) is 5.91. The molecular formula is C11H18N2O2. The summed E-state index contributed by atoms with van der Waals surface area (Å²) in [6.45, 7) is 5.26. The molecule has 84 valence electrons. The molecule has 0 aliphatic rings. The van der Waals surface area contributed by atoms with Crippen molar-refractivity contribution >= 4 is 5.82 Å². The van der Waals surface area contributed by atoms with Crippen LogP contribution in [0, 0.1) is 0 Å². The summed E-state index contributed by atoms with van der Waals surface area (Å²) in [7, 11) is 1.68. The van der Waals surface area contributed by atoms with Crippen LogP contribution in [0.2, 0.25) is 0 Å². The van der Waals surface area contributed by atoms with Crippen molar-refractivity contribution in [2.24, 2.45) is 0 Å². The fourth-order valence-corrected chi connectivity index (χ4v) is 1.27. The Hall–Kier alpha value is -1.29. The van der Waals surface area contributed by atoms with Gasteiger partial charge in [0.2, 0.25) is 5.88 Å². The Bertz CT molecular complexity index is 292. The predicted octanol–water partition coefficient (Wildman–Crippen LogP) is 1.93. The second-order valence-corrected chi connectivity index (χ2v) is 3.29. The Balaban J connectivity index is 2.56. The van der Waals surface area contributed by atoms with E-state index < -0.39 is 0 Å². The standard InChI is InChI=1S/C11H18N2O2/c1-4-15-11-7-5-6-10(13-11)12-9(2)8-14-3/h5-7,9H,4,8H2,1-3H3,(H,12,13). The Kier molecular flexibility index (Phi) is 4.90. The molecule has 0 amide bonds. The van der Waals surface area contributed by atoms with Crippen molar-refractivity contribution in [3.8, 4) is 5.88 Å². The van der Waals surface area contributed by atoms with Crippen molar-refractivity contribution in [2.75, 3.05) is 25.6 Å². The van der Waals surface area contributed by atoms with E-state index in [1.807, 2.05) is 32.0 Å². The molecule has 0 aliphatic heterocycles. The zero-order chi connectivity index (χ0) is 11.1. The summed E-state index contributed by atoms with van der Waals surface area (Å²) in [4.78, 5) is 4.30. The van der Waals surface area contributed by atoms with Crippen LogP contribution in [-0.4, -0.2) is 31.3 Å². The highest BCUT2D eigenvalue weighted by atomic mass is 16.5. The highest BCUT2D eigenvalue weighted by Crippen LogP contribution is 2.12. The molecule has 0 aromatic carbocycles. The normalized spacial score (nSPS) is 12.2. The van der Waals surface area contributed by atoms with Crippen molar-refractivity contribution in [2.45, 2.75) is 19.9 Å². The highest BCUT2D eigenvalue weighted by Gasteiger charge is 2.02. The van der Waals surface area contributed by atoms with Crippen molar-refractivity contribution in [3.05, 3.63) is 18.2 Å². The van der Waals surface area contributed by atoms with Gasteiger partial charge >= 0.3 is 0 Å². The SMILES string of the molecule is CCOc1cccc(NC(C)COC)n1.